The van der Waals surface area contributed by atoms with Gasteiger partial charge in [0, 0.05) is 32.7 Å². The zero-order valence-corrected chi connectivity index (χ0v) is 16.8. The van der Waals surface area contributed by atoms with Crippen molar-refractivity contribution in [2.75, 3.05) is 33.4 Å². The third-order valence-electron chi connectivity index (χ3n) is 5.81. The Morgan fingerprint density at radius 1 is 1.32 bits per heavy atom. The number of methoxy groups -OCH3 is 1. The van der Waals surface area contributed by atoms with Gasteiger partial charge in [-0.15, -0.1) is 0 Å². The van der Waals surface area contributed by atoms with Crippen LogP contribution in [0.5, 0.6) is 5.75 Å². The van der Waals surface area contributed by atoms with Crippen molar-refractivity contribution in [3.05, 3.63) is 30.0 Å². The minimum absolute atomic E-state index is 0.00331. The standard InChI is InChI=1S/C22H30N2O4/c1-15(24(18-4-5-18)22(25)16-6-8-23-14-16)17-12-20(27-10-3-9-26-2)19-7-11-28-21(19)13-17/h7,11-13,15-16,18,23H,3-6,8-10,14H2,1-2H3/t15-,16+/m0/s1. The second kappa shape index (κ2) is 8.53. The second-order valence-electron chi connectivity index (χ2n) is 7.89. The molecular weight excluding hydrogens is 356 g/mol. The molecule has 0 spiro atoms. The molecule has 1 N–H and O–H groups in total. The van der Waals surface area contributed by atoms with Gasteiger partial charge in [-0.3, -0.25) is 4.79 Å². The van der Waals surface area contributed by atoms with Crippen molar-refractivity contribution in [2.24, 2.45) is 5.92 Å². The average Bonchev–Trinajstić information content (AvgIpc) is 3.19. The lowest BCUT2D eigenvalue weighted by Crippen LogP contribution is -2.40. The molecule has 0 bridgehead atoms. The van der Waals surface area contributed by atoms with E-state index in [-0.39, 0.29) is 17.9 Å². The maximum atomic E-state index is 13.2. The third kappa shape index (κ3) is 4.03. The number of amides is 1. The van der Waals surface area contributed by atoms with Crippen molar-refractivity contribution in [1.82, 2.24) is 10.2 Å². The van der Waals surface area contributed by atoms with E-state index in [9.17, 15) is 4.79 Å². The van der Waals surface area contributed by atoms with Gasteiger partial charge in [-0.25, -0.2) is 0 Å². The molecule has 1 saturated carbocycles. The highest BCUT2D eigenvalue weighted by Crippen LogP contribution is 2.39. The van der Waals surface area contributed by atoms with E-state index in [4.69, 9.17) is 13.9 Å². The van der Waals surface area contributed by atoms with E-state index in [0.717, 1.165) is 61.1 Å². The molecule has 2 fully saturated rings. The topological polar surface area (TPSA) is 63.9 Å². The normalized spacial score (nSPS) is 20.4. The highest BCUT2D eigenvalue weighted by atomic mass is 16.5. The summed E-state index contributed by atoms with van der Waals surface area (Å²) in [6.07, 6.45) is 5.64. The number of ether oxygens (including phenoxy) is 2. The number of carbonyl (C=O) groups excluding carboxylic acids is 1. The zero-order chi connectivity index (χ0) is 19.5. The fourth-order valence-electron chi connectivity index (χ4n) is 4.08. The number of fused-ring (bicyclic) bond motifs is 1. The summed E-state index contributed by atoms with van der Waals surface area (Å²) in [5.41, 5.74) is 1.87. The smallest absolute Gasteiger partial charge is 0.227 e. The summed E-state index contributed by atoms with van der Waals surface area (Å²) < 4.78 is 16.8. The maximum absolute atomic E-state index is 13.2. The van der Waals surface area contributed by atoms with Crippen LogP contribution in [0.4, 0.5) is 0 Å². The van der Waals surface area contributed by atoms with Gasteiger partial charge in [0.25, 0.3) is 0 Å². The van der Waals surface area contributed by atoms with Crippen LogP contribution in [0.15, 0.2) is 28.9 Å². The van der Waals surface area contributed by atoms with Crippen LogP contribution in [0.25, 0.3) is 11.0 Å². The number of rotatable bonds is 9. The molecule has 152 valence electrons. The van der Waals surface area contributed by atoms with E-state index in [1.165, 1.54) is 0 Å². The number of carbonyl (C=O) groups is 1. The van der Waals surface area contributed by atoms with Crippen LogP contribution in [-0.2, 0) is 9.53 Å². The van der Waals surface area contributed by atoms with E-state index in [2.05, 4.69) is 29.3 Å². The average molecular weight is 386 g/mol. The van der Waals surface area contributed by atoms with Crippen LogP contribution in [0.3, 0.4) is 0 Å². The van der Waals surface area contributed by atoms with Crippen molar-refractivity contribution in [3.63, 3.8) is 0 Å². The molecule has 6 nitrogen and oxygen atoms in total. The van der Waals surface area contributed by atoms with Crippen LogP contribution in [-0.4, -0.2) is 50.3 Å². The van der Waals surface area contributed by atoms with Crippen LogP contribution in [0.1, 0.15) is 44.2 Å². The Balaban J connectivity index is 1.58. The third-order valence-corrected chi connectivity index (χ3v) is 5.81. The highest BCUT2D eigenvalue weighted by Gasteiger charge is 2.39. The van der Waals surface area contributed by atoms with Gasteiger partial charge in [-0.05, 0) is 56.5 Å². The summed E-state index contributed by atoms with van der Waals surface area (Å²) in [6.45, 7) is 5.10. The van der Waals surface area contributed by atoms with Gasteiger partial charge in [0.05, 0.1) is 30.2 Å². The zero-order valence-electron chi connectivity index (χ0n) is 16.8. The number of furan rings is 1. The number of hydrogen-bond acceptors (Lipinski definition) is 5. The number of hydrogen-bond donors (Lipinski definition) is 1. The first kappa shape index (κ1) is 19.3. The van der Waals surface area contributed by atoms with Crippen molar-refractivity contribution in [1.29, 1.82) is 0 Å². The number of benzene rings is 1. The van der Waals surface area contributed by atoms with Crippen molar-refractivity contribution in [3.8, 4) is 5.75 Å². The van der Waals surface area contributed by atoms with Crippen LogP contribution in [0.2, 0.25) is 0 Å². The van der Waals surface area contributed by atoms with E-state index in [0.29, 0.717) is 19.3 Å². The molecule has 1 saturated heterocycles. The molecule has 1 aliphatic carbocycles. The lowest BCUT2D eigenvalue weighted by Gasteiger charge is -2.32. The molecule has 2 atom stereocenters. The first-order chi connectivity index (χ1) is 13.7. The Morgan fingerprint density at radius 3 is 2.89 bits per heavy atom. The van der Waals surface area contributed by atoms with E-state index >= 15 is 0 Å². The van der Waals surface area contributed by atoms with Crippen LogP contribution >= 0.6 is 0 Å². The Morgan fingerprint density at radius 2 is 2.18 bits per heavy atom. The van der Waals surface area contributed by atoms with Gasteiger partial charge >= 0.3 is 0 Å². The Kier molecular flexibility index (Phi) is 5.87. The monoisotopic (exact) mass is 386 g/mol. The molecule has 1 aromatic heterocycles. The predicted molar refractivity (Wildman–Crippen MR) is 107 cm³/mol. The Labute approximate surface area is 166 Å². The quantitative estimate of drug-likeness (QED) is 0.668. The molecule has 2 aromatic rings. The Hall–Kier alpha value is -2.05. The molecule has 1 aromatic carbocycles. The molecule has 28 heavy (non-hydrogen) atoms. The first-order valence-corrected chi connectivity index (χ1v) is 10.3. The second-order valence-corrected chi connectivity index (χ2v) is 7.89. The van der Waals surface area contributed by atoms with Crippen LogP contribution < -0.4 is 10.1 Å². The molecule has 0 unspecified atom stereocenters. The van der Waals surface area contributed by atoms with Gasteiger partial charge in [-0.1, -0.05) is 0 Å². The van der Waals surface area contributed by atoms with Crippen molar-refractivity contribution in [2.45, 2.75) is 44.7 Å². The highest BCUT2D eigenvalue weighted by molar-refractivity contribution is 5.85. The molecule has 4 rings (SSSR count). The maximum Gasteiger partial charge on any atom is 0.227 e. The van der Waals surface area contributed by atoms with Gasteiger partial charge in [-0.2, -0.15) is 0 Å². The van der Waals surface area contributed by atoms with E-state index in [1.807, 2.05) is 6.07 Å². The van der Waals surface area contributed by atoms with Crippen LogP contribution in [0, 0.1) is 5.92 Å². The summed E-state index contributed by atoms with van der Waals surface area (Å²) in [6, 6.07) is 6.42. The SMILES string of the molecule is COCCCOc1cc([C@H](C)N(C(=O)[C@@H]2CCNC2)C2CC2)cc2occc12. The summed E-state index contributed by atoms with van der Waals surface area (Å²) >= 11 is 0. The molecule has 1 amide bonds. The molecule has 0 radical (unpaired) electrons. The lowest BCUT2D eigenvalue weighted by molar-refractivity contribution is -0.137. The molecule has 2 heterocycles. The number of nitrogens with zero attached hydrogens (tertiary/aromatic N) is 1. The Bertz CT molecular complexity index is 808. The summed E-state index contributed by atoms with van der Waals surface area (Å²) in [4.78, 5) is 15.3. The van der Waals surface area contributed by atoms with E-state index < -0.39 is 0 Å². The fourth-order valence-corrected chi connectivity index (χ4v) is 4.08. The molecule has 2 aliphatic rings. The van der Waals surface area contributed by atoms with Gasteiger partial charge in [0.15, 0.2) is 0 Å². The minimum Gasteiger partial charge on any atom is -0.493 e. The van der Waals surface area contributed by atoms with Gasteiger partial charge in [0.2, 0.25) is 5.91 Å². The molecule has 6 heteroatoms. The molecule has 1 aliphatic heterocycles. The summed E-state index contributed by atoms with van der Waals surface area (Å²) in [7, 11) is 1.69. The molecular formula is C22H30N2O4. The summed E-state index contributed by atoms with van der Waals surface area (Å²) in [5, 5.41) is 4.29. The fraction of sp³-hybridized carbons (Fsp3) is 0.591. The largest absolute Gasteiger partial charge is 0.493 e. The van der Waals surface area contributed by atoms with Gasteiger partial charge in [0.1, 0.15) is 11.3 Å². The summed E-state index contributed by atoms with van der Waals surface area (Å²) in [5.74, 6) is 1.19. The minimum atomic E-state index is -0.00331. The van der Waals surface area contributed by atoms with E-state index in [1.54, 1.807) is 13.4 Å². The lowest BCUT2D eigenvalue weighted by atomic mass is 10.0. The van der Waals surface area contributed by atoms with Crippen molar-refractivity contribution < 1.29 is 18.7 Å². The number of nitrogens with one attached hydrogen (secondary N) is 1. The van der Waals surface area contributed by atoms with Gasteiger partial charge < -0.3 is 24.1 Å². The van der Waals surface area contributed by atoms with Crippen molar-refractivity contribution >= 4 is 16.9 Å². The first-order valence-electron chi connectivity index (χ1n) is 10.3. The predicted octanol–water partition coefficient (Wildman–Crippen LogP) is 3.51.